The number of anilines is 1. The van der Waals surface area contributed by atoms with Crippen LogP contribution in [0.2, 0.25) is 0 Å². The first-order valence-corrected chi connectivity index (χ1v) is 8.14. The molecule has 0 saturated carbocycles. The molecule has 1 heterocycles. The normalized spacial score (nSPS) is 10.5. The van der Waals surface area contributed by atoms with Crippen molar-refractivity contribution in [3.05, 3.63) is 35.2 Å². The van der Waals surface area contributed by atoms with E-state index in [2.05, 4.69) is 10.4 Å². The van der Waals surface area contributed by atoms with Gasteiger partial charge in [-0.1, -0.05) is 0 Å². The van der Waals surface area contributed by atoms with E-state index in [0.717, 1.165) is 17.0 Å². The highest BCUT2D eigenvalue weighted by Gasteiger charge is 2.15. The molecule has 0 fully saturated rings. The van der Waals surface area contributed by atoms with Gasteiger partial charge in [0, 0.05) is 24.4 Å². The van der Waals surface area contributed by atoms with E-state index in [0.29, 0.717) is 30.4 Å². The summed E-state index contributed by atoms with van der Waals surface area (Å²) in [7, 11) is 1.88. The Morgan fingerprint density at radius 3 is 2.50 bits per heavy atom. The van der Waals surface area contributed by atoms with Crippen LogP contribution in [-0.2, 0) is 18.3 Å². The lowest BCUT2D eigenvalue weighted by Gasteiger charge is -2.13. The first kappa shape index (κ1) is 17.8. The lowest BCUT2D eigenvalue weighted by molar-refractivity contribution is -0.115. The van der Waals surface area contributed by atoms with Gasteiger partial charge in [0.15, 0.2) is 0 Å². The highest BCUT2D eigenvalue weighted by molar-refractivity contribution is 5.94. The summed E-state index contributed by atoms with van der Waals surface area (Å²) in [5, 5.41) is 7.27. The van der Waals surface area contributed by atoms with E-state index >= 15 is 0 Å². The minimum absolute atomic E-state index is 0.108. The zero-order valence-electron chi connectivity index (χ0n) is 15.0. The van der Waals surface area contributed by atoms with E-state index in [9.17, 15) is 4.79 Å². The minimum Gasteiger partial charge on any atom is -0.494 e. The Morgan fingerprint density at radius 1 is 1.21 bits per heavy atom. The number of benzene rings is 1. The summed E-state index contributed by atoms with van der Waals surface area (Å²) in [5.74, 6) is 1.22. The Bertz CT molecular complexity index is 723. The number of nitrogens with one attached hydrogen (secondary N) is 1. The van der Waals surface area contributed by atoms with E-state index in [-0.39, 0.29) is 12.3 Å². The molecule has 2 rings (SSSR count). The predicted molar refractivity (Wildman–Crippen MR) is 93.8 cm³/mol. The lowest BCUT2D eigenvalue weighted by Crippen LogP contribution is -2.16. The third kappa shape index (κ3) is 4.07. The standard InChI is InChI=1S/C18H25N3O3/c1-6-23-14-8-9-17(24-7-2)16(10-14)19-18(22)11-15-12(3)20-21(5)13(15)4/h8-10H,6-7,11H2,1-5H3,(H,19,22). The summed E-state index contributed by atoms with van der Waals surface area (Å²) in [4.78, 5) is 12.5. The molecule has 0 atom stereocenters. The van der Waals surface area contributed by atoms with E-state index in [1.165, 1.54) is 0 Å². The summed E-state index contributed by atoms with van der Waals surface area (Å²) in [6.07, 6.45) is 0.274. The zero-order valence-corrected chi connectivity index (χ0v) is 15.0. The molecule has 1 amide bonds. The van der Waals surface area contributed by atoms with Crippen molar-refractivity contribution >= 4 is 11.6 Å². The van der Waals surface area contributed by atoms with Crippen molar-refractivity contribution in [2.24, 2.45) is 7.05 Å². The van der Waals surface area contributed by atoms with Crippen LogP contribution in [0.3, 0.4) is 0 Å². The monoisotopic (exact) mass is 331 g/mol. The minimum atomic E-state index is -0.108. The molecule has 0 spiro atoms. The van der Waals surface area contributed by atoms with E-state index in [1.54, 1.807) is 10.7 Å². The number of aromatic nitrogens is 2. The molecule has 130 valence electrons. The van der Waals surface area contributed by atoms with Gasteiger partial charge in [0.25, 0.3) is 0 Å². The Kier molecular flexibility index (Phi) is 5.84. The number of carbonyl (C=O) groups excluding carboxylic acids is 1. The van der Waals surface area contributed by atoms with Crippen molar-refractivity contribution in [1.82, 2.24) is 9.78 Å². The average molecular weight is 331 g/mol. The van der Waals surface area contributed by atoms with Gasteiger partial charge < -0.3 is 14.8 Å². The number of rotatable bonds is 7. The first-order chi connectivity index (χ1) is 11.5. The van der Waals surface area contributed by atoms with Crippen LogP contribution in [0.25, 0.3) is 0 Å². The van der Waals surface area contributed by atoms with Crippen LogP contribution in [0.4, 0.5) is 5.69 Å². The molecule has 6 heteroatoms. The maximum atomic E-state index is 12.5. The van der Waals surface area contributed by atoms with Crippen LogP contribution in [-0.4, -0.2) is 28.9 Å². The fourth-order valence-corrected chi connectivity index (χ4v) is 2.57. The van der Waals surface area contributed by atoms with Crippen LogP contribution in [0, 0.1) is 13.8 Å². The Balaban J connectivity index is 2.19. The van der Waals surface area contributed by atoms with Gasteiger partial charge in [-0.2, -0.15) is 5.10 Å². The number of carbonyl (C=O) groups is 1. The van der Waals surface area contributed by atoms with Crippen LogP contribution in [0.15, 0.2) is 18.2 Å². The van der Waals surface area contributed by atoms with Crippen LogP contribution in [0.5, 0.6) is 11.5 Å². The topological polar surface area (TPSA) is 65.4 Å². The maximum absolute atomic E-state index is 12.5. The molecule has 6 nitrogen and oxygen atoms in total. The number of nitrogens with zero attached hydrogens (tertiary/aromatic N) is 2. The molecule has 0 aliphatic carbocycles. The van der Waals surface area contributed by atoms with Gasteiger partial charge in [0.2, 0.25) is 5.91 Å². The van der Waals surface area contributed by atoms with Gasteiger partial charge in [-0.05, 0) is 39.8 Å². The van der Waals surface area contributed by atoms with Crippen molar-refractivity contribution in [2.45, 2.75) is 34.1 Å². The largest absolute Gasteiger partial charge is 0.494 e. The SMILES string of the molecule is CCOc1ccc(OCC)c(NC(=O)Cc2c(C)nn(C)c2C)c1. The van der Waals surface area contributed by atoms with Crippen molar-refractivity contribution in [2.75, 3.05) is 18.5 Å². The van der Waals surface area contributed by atoms with Crippen molar-refractivity contribution < 1.29 is 14.3 Å². The van der Waals surface area contributed by atoms with E-state index < -0.39 is 0 Å². The summed E-state index contributed by atoms with van der Waals surface area (Å²) in [6, 6.07) is 5.43. The molecular formula is C18H25N3O3. The van der Waals surface area contributed by atoms with Gasteiger partial charge >= 0.3 is 0 Å². The lowest BCUT2D eigenvalue weighted by atomic mass is 10.1. The van der Waals surface area contributed by atoms with Crippen molar-refractivity contribution in [3.63, 3.8) is 0 Å². The maximum Gasteiger partial charge on any atom is 0.229 e. The van der Waals surface area contributed by atoms with E-state index in [1.807, 2.05) is 46.9 Å². The Labute approximate surface area is 142 Å². The second kappa shape index (κ2) is 7.86. The fourth-order valence-electron chi connectivity index (χ4n) is 2.57. The molecule has 0 unspecified atom stereocenters. The first-order valence-electron chi connectivity index (χ1n) is 8.14. The average Bonchev–Trinajstić information content (AvgIpc) is 2.77. The second-order valence-electron chi connectivity index (χ2n) is 5.52. The smallest absolute Gasteiger partial charge is 0.229 e. The summed E-state index contributed by atoms with van der Waals surface area (Å²) < 4.78 is 12.9. The molecule has 2 aromatic rings. The van der Waals surface area contributed by atoms with Gasteiger partial charge in [-0.3, -0.25) is 9.48 Å². The number of hydrogen-bond donors (Lipinski definition) is 1. The number of hydrogen-bond acceptors (Lipinski definition) is 4. The number of ether oxygens (including phenoxy) is 2. The second-order valence-corrected chi connectivity index (χ2v) is 5.52. The summed E-state index contributed by atoms with van der Waals surface area (Å²) >= 11 is 0. The van der Waals surface area contributed by atoms with E-state index in [4.69, 9.17) is 9.47 Å². The Hall–Kier alpha value is -2.50. The van der Waals surface area contributed by atoms with Crippen molar-refractivity contribution in [1.29, 1.82) is 0 Å². The third-order valence-corrected chi connectivity index (χ3v) is 3.83. The quantitative estimate of drug-likeness (QED) is 0.847. The fraction of sp³-hybridized carbons (Fsp3) is 0.444. The summed E-state index contributed by atoms with van der Waals surface area (Å²) in [6.45, 7) is 8.79. The van der Waals surface area contributed by atoms with Gasteiger partial charge in [0.05, 0.1) is 31.0 Å². The molecule has 0 aliphatic rings. The molecule has 1 aromatic heterocycles. The molecule has 1 aromatic carbocycles. The number of aryl methyl sites for hydroxylation is 2. The highest BCUT2D eigenvalue weighted by atomic mass is 16.5. The molecule has 1 N–H and O–H groups in total. The van der Waals surface area contributed by atoms with Crippen LogP contribution in [0.1, 0.15) is 30.8 Å². The van der Waals surface area contributed by atoms with Gasteiger partial charge in [0.1, 0.15) is 11.5 Å². The molecule has 0 radical (unpaired) electrons. The Morgan fingerprint density at radius 2 is 1.92 bits per heavy atom. The number of amides is 1. The zero-order chi connectivity index (χ0) is 17.7. The third-order valence-electron chi connectivity index (χ3n) is 3.83. The molecule has 24 heavy (non-hydrogen) atoms. The summed E-state index contributed by atoms with van der Waals surface area (Å²) in [5.41, 5.74) is 3.44. The van der Waals surface area contributed by atoms with Crippen molar-refractivity contribution in [3.8, 4) is 11.5 Å². The van der Waals surface area contributed by atoms with Gasteiger partial charge in [-0.25, -0.2) is 0 Å². The molecular weight excluding hydrogens is 306 g/mol. The van der Waals surface area contributed by atoms with Gasteiger partial charge in [-0.15, -0.1) is 0 Å². The molecule has 0 bridgehead atoms. The van der Waals surface area contributed by atoms with Crippen LogP contribution >= 0.6 is 0 Å². The highest BCUT2D eigenvalue weighted by Crippen LogP contribution is 2.29. The van der Waals surface area contributed by atoms with Crippen LogP contribution < -0.4 is 14.8 Å². The predicted octanol–water partition coefficient (Wildman–Crippen LogP) is 3.02. The molecule has 0 aliphatic heterocycles. The molecule has 0 saturated heterocycles.